The van der Waals surface area contributed by atoms with Gasteiger partial charge in [-0.05, 0) is 37.6 Å². The maximum Gasteiger partial charge on any atom is 0.334 e. The molecule has 0 aliphatic rings. The van der Waals surface area contributed by atoms with E-state index in [1.165, 1.54) is 25.3 Å². The van der Waals surface area contributed by atoms with E-state index in [4.69, 9.17) is 9.84 Å². The molecule has 0 bridgehead atoms. The number of carboxylic acid groups (broad SMARTS) is 1. The van der Waals surface area contributed by atoms with E-state index in [1.807, 2.05) is 0 Å². The number of ether oxygens (including phenoxy) is 1. The highest BCUT2D eigenvalue weighted by Gasteiger charge is 2.23. The van der Waals surface area contributed by atoms with E-state index in [0.717, 1.165) is 6.92 Å². The van der Waals surface area contributed by atoms with Crippen molar-refractivity contribution in [3.05, 3.63) is 23.8 Å². The largest absolute Gasteiger partial charge is 0.496 e. The molecule has 1 atom stereocenters. The van der Waals surface area contributed by atoms with E-state index in [9.17, 15) is 13.2 Å². The molecule has 0 heterocycles. The number of aliphatic carboxylic acids is 1. The zero-order valence-electron chi connectivity index (χ0n) is 10.2. The SMILES string of the molecule is COc1ccc(S(=O)(=O)OC(C)C(=O)O)cc1C. The van der Waals surface area contributed by atoms with Crippen LogP contribution in [0.1, 0.15) is 12.5 Å². The van der Waals surface area contributed by atoms with Gasteiger partial charge in [-0.3, -0.25) is 4.18 Å². The van der Waals surface area contributed by atoms with Crippen LogP contribution in [0.15, 0.2) is 23.1 Å². The number of benzene rings is 1. The van der Waals surface area contributed by atoms with Gasteiger partial charge in [-0.1, -0.05) is 0 Å². The van der Waals surface area contributed by atoms with E-state index in [2.05, 4.69) is 4.18 Å². The van der Waals surface area contributed by atoms with Crippen LogP contribution in [0.25, 0.3) is 0 Å². The summed E-state index contributed by atoms with van der Waals surface area (Å²) < 4.78 is 33.1. The second-order valence-electron chi connectivity index (χ2n) is 3.66. The van der Waals surface area contributed by atoms with Crippen LogP contribution in [-0.2, 0) is 19.1 Å². The zero-order chi connectivity index (χ0) is 13.9. The third kappa shape index (κ3) is 3.21. The third-order valence-corrected chi connectivity index (χ3v) is 3.65. The summed E-state index contributed by atoms with van der Waals surface area (Å²) >= 11 is 0. The molecule has 0 saturated heterocycles. The van der Waals surface area contributed by atoms with Gasteiger partial charge in [0.05, 0.1) is 12.0 Å². The van der Waals surface area contributed by atoms with Crippen LogP contribution in [0, 0.1) is 6.92 Å². The molecule has 0 radical (unpaired) electrons. The topological polar surface area (TPSA) is 89.9 Å². The molecule has 0 amide bonds. The van der Waals surface area contributed by atoms with Crippen molar-refractivity contribution >= 4 is 16.1 Å². The highest BCUT2D eigenvalue weighted by Crippen LogP contribution is 2.23. The first-order valence-corrected chi connectivity index (χ1v) is 6.49. The zero-order valence-corrected chi connectivity index (χ0v) is 11.0. The summed E-state index contributed by atoms with van der Waals surface area (Å²) in [6, 6.07) is 4.15. The summed E-state index contributed by atoms with van der Waals surface area (Å²) in [6.07, 6.45) is -1.43. The first-order chi connectivity index (χ1) is 8.27. The molecule has 18 heavy (non-hydrogen) atoms. The number of hydrogen-bond acceptors (Lipinski definition) is 5. The van der Waals surface area contributed by atoms with Gasteiger partial charge in [0, 0.05) is 0 Å². The molecule has 1 aromatic carbocycles. The molecule has 7 heteroatoms. The smallest absolute Gasteiger partial charge is 0.334 e. The van der Waals surface area contributed by atoms with Gasteiger partial charge >= 0.3 is 5.97 Å². The molecule has 100 valence electrons. The molecular weight excluding hydrogens is 260 g/mol. The number of methoxy groups -OCH3 is 1. The predicted molar refractivity (Wildman–Crippen MR) is 63.1 cm³/mol. The average Bonchev–Trinajstić information content (AvgIpc) is 2.28. The lowest BCUT2D eigenvalue weighted by Crippen LogP contribution is -2.23. The Kier molecular flexibility index (Phi) is 4.31. The standard InChI is InChI=1S/C11H14O6S/c1-7-6-9(4-5-10(7)16-3)18(14,15)17-8(2)11(12)13/h4-6,8H,1-3H3,(H,12,13). The number of carboxylic acids is 1. The van der Waals surface area contributed by atoms with Crippen LogP contribution >= 0.6 is 0 Å². The van der Waals surface area contributed by atoms with Gasteiger partial charge in [0.25, 0.3) is 10.1 Å². The molecule has 1 aromatic rings. The second kappa shape index (κ2) is 5.36. The Labute approximate surface area is 105 Å². The minimum Gasteiger partial charge on any atom is -0.496 e. The quantitative estimate of drug-likeness (QED) is 0.811. The van der Waals surface area contributed by atoms with Crippen molar-refractivity contribution in [1.29, 1.82) is 0 Å². The van der Waals surface area contributed by atoms with Crippen LogP contribution in [-0.4, -0.2) is 32.7 Å². The van der Waals surface area contributed by atoms with Crippen molar-refractivity contribution in [2.75, 3.05) is 7.11 Å². The number of hydrogen-bond donors (Lipinski definition) is 1. The predicted octanol–water partition coefficient (Wildman–Crippen LogP) is 1.18. The molecule has 1 rings (SSSR count). The molecule has 0 aromatic heterocycles. The lowest BCUT2D eigenvalue weighted by atomic mass is 10.2. The van der Waals surface area contributed by atoms with Crippen molar-refractivity contribution in [2.24, 2.45) is 0 Å². The van der Waals surface area contributed by atoms with Gasteiger partial charge in [0.1, 0.15) is 5.75 Å². The number of aryl methyl sites for hydroxylation is 1. The van der Waals surface area contributed by atoms with Gasteiger partial charge in [-0.15, -0.1) is 0 Å². The monoisotopic (exact) mass is 274 g/mol. The maximum atomic E-state index is 11.8. The third-order valence-electron chi connectivity index (χ3n) is 2.27. The fraction of sp³-hybridized carbons (Fsp3) is 0.364. The Morgan fingerprint density at radius 3 is 2.44 bits per heavy atom. The highest BCUT2D eigenvalue weighted by molar-refractivity contribution is 7.86. The summed E-state index contributed by atoms with van der Waals surface area (Å²) in [4.78, 5) is 10.5. The Balaban J connectivity index is 3.06. The van der Waals surface area contributed by atoms with Gasteiger partial charge in [0.2, 0.25) is 0 Å². The van der Waals surface area contributed by atoms with Crippen LogP contribution in [0.3, 0.4) is 0 Å². The average molecular weight is 274 g/mol. The van der Waals surface area contributed by atoms with E-state index < -0.39 is 22.2 Å². The summed E-state index contributed by atoms with van der Waals surface area (Å²) in [5.41, 5.74) is 0.616. The van der Waals surface area contributed by atoms with Crippen molar-refractivity contribution in [1.82, 2.24) is 0 Å². The van der Waals surface area contributed by atoms with Crippen LogP contribution in [0.5, 0.6) is 5.75 Å². The fourth-order valence-corrected chi connectivity index (χ4v) is 2.42. The molecule has 0 saturated carbocycles. The molecule has 1 N–H and O–H groups in total. The summed E-state index contributed by atoms with van der Waals surface area (Å²) in [5.74, 6) is -0.802. The lowest BCUT2D eigenvalue weighted by Gasteiger charge is -2.10. The van der Waals surface area contributed by atoms with Crippen molar-refractivity contribution < 1.29 is 27.2 Å². The van der Waals surface area contributed by atoms with Crippen LogP contribution in [0.4, 0.5) is 0 Å². The first-order valence-electron chi connectivity index (χ1n) is 5.08. The second-order valence-corrected chi connectivity index (χ2v) is 5.23. The fourth-order valence-electron chi connectivity index (χ4n) is 1.29. The normalized spacial score (nSPS) is 13.1. The van der Waals surface area contributed by atoms with Crippen LogP contribution in [0.2, 0.25) is 0 Å². The maximum absolute atomic E-state index is 11.8. The Hall–Kier alpha value is -1.60. The van der Waals surface area contributed by atoms with Crippen molar-refractivity contribution in [3.8, 4) is 5.75 Å². The molecule has 0 aliphatic carbocycles. The van der Waals surface area contributed by atoms with Gasteiger partial charge in [0.15, 0.2) is 6.10 Å². The highest BCUT2D eigenvalue weighted by atomic mass is 32.2. The Bertz CT molecular complexity index is 549. The van der Waals surface area contributed by atoms with E-state index in [0.29, 0.717) is 11.3 Å². The van der Waals surface area contributed by atoms with Gasteiger partial charge in [-0.2, -0.15) is 8.42 Å². The van der Waals surface area contributed by atoms with Crippen molar-refractivity contribution in [2.45, 2.75) is 24.8 Å². The van der Waals surface area contributed by atoms with E-state index in [1.54, 1.807) is 6.92 Å². The summed E-state index contributed by atoms with van der Waals surface area (Å²) in [5, 5.41) is 8.62. The summed E-state index contributed by atoms with van der Waals surface area (Å²) in [6.45, 7) is 2.83. The first kappa shape index (κ1) is 14.5. The lowest BCUT2D eigenvalue weighted by molar-refractivity contribution is -0.144. The Morgan fingerprint density at radius 1 is 1.39 bits per heavy atom. The Morgan fingerprint density at radius 2 is 2.00 bits per heavy atom. The number of carbonyl (C=O) groups is 1. The summed E-state index contributed by atoms with van der Waals surface area (Å²) in [7, 11) is -2.62. The number of rotatable bonds is 5. The van der Waals surface area contributed by atoms with Crippen molar-refractivity contribution in [3.63, 3.8) is 0 Å². The van der Waals surface area contributed by atoms with Crippen LogP contribution < -0.4 is 4.74 Å². The van der Waals surface area contributed by atoms with E-state index in [-0.39, 0.29) is 4.90 Å². The molecular formula is C11H14O6S. The molecule has 0 fully saturated rings. The van der Waals surface area contributed by atoms with Gasteiger partial charge in [-0.25, -0.2) is 4.79 Å². The molecule has 1 unspecified atom stereocenters. The van der Waals surface area contributed by atoms with E-state index >= 15 is 0 Å². The molecule has 0 aliphatic heterocycles. The minimum atomic E-state index is -4.09. The van der Waals surface area contributed by atoms with Gasteiger partial charge < -0.3 is 9.84 Å². The molecule has 6 nitrogen and oxygen atoms in total. The molecule has 0 spiro atoms. The minimum absolute atomic E-state index is 0.103.